The molecule has 0 aromatic carbocycles. The molecule has 3 nitrogen and oxygen atoms in total. The van der Waals surface area contributed by atoms with Gasteiger partial charge in [0.05, 0.1) is 0 Å². The number of hydrogen-bond donors (Lipinski definition) is 2. The highest BCUT2D eigenvalue weighted by molar-refractivity contribution is 8.00. The van der Waals surface area contributed by atoms with Crippen LogP contribution in [0.3, 0.4) is 0 Å². The van der Waals surface area contributed by atoms with E-state index in [1.54, 1.807) is 0 Å². The summed E-state index contributed by atoms with van der Waals surface area (Å²) in [6.45, 7) is 5.86. The first-order valence-corrected chi connectivity index (χ1v) is 6.89. The van der Waals surface area contributed by atoms with Crippen molar-refractivity contribution in [3.63, 3.8) is 0 Å². The van der Waals surface area contributed by atoms with Gasteiger partial charge in [0.25, 0.3) is 0 Å². The van der Waals surface area contributed by atoms with E-state index >= 15 is 0 Å². The van der Waals surface area contributed by atoms with Crippen LogP contribution in [0.25, 0.3) is 0 Å². The molecule has 1 aliphatic rings. The lowest BCUT2D eigenvalue weighted by Crippen LogP contribution is -2.36. The molecule has 88 valence electrons. The van der Waals surface area contributed by atoms with Gasteiger partial charge < -0.3 is 10.6 Å². The van der Waals surface area contributed by atoms with Crippen molar-refractivity contribution in [2.75, 3.05) is 19.3 Å². The molecule has 0 radical (unpaired) electrons. The Balaban J connectivity index is 2.13. The van der Waals surface area contributed by atoms with Crippen LogP contribution in [0, 0.1) is 0 Å². The number of nitrogens with one attached hydrogen (secondary N) is 2. The minimum absolute atomic E-state index is 0.170. The first-order valence-electron chi connectivity index (χ1n) is 5.67. The zero-order chi connectivity index (χ0) is 11.3. The molecule has 1 saturated carbocycles. The molecule has 15 heavy (non-hydrogen) atoms. The number of thioether (sulfide) groups is 1. The highest BCUT2D eigenvalue weighted by atomic mass is 32.2. The van der Waals surface area contributed by atoms with Gasteiger partial charge in [-0.25, -0.2) is 0 Å². The molecule has 0 aromatic rings. The Morgan fingerprint density at radius 3 is 2.67 bits per heavy atom. The average Bonchev–Trinajstić information content (AvgIpc) is 2.96. The Labute approximate surface area is 96.8 Å². The van der Waals surface area contributed by atoms with E-state index in [4.69, 9.17) is 0 Å². The van der Waals surface area contributed by atoms with Crippen LogP contribution in [0.1, 0.15) is 33.1 Å². The van der Waals surface area contributed by atoms with Crippen LogP contribution in [-0.4, -0.2) is 36.0 Å². The summed E-state index contributed by atoms with van der Waals surface area (Å²) in [6.07, 6.45) is 5.20. The minimum atomic E-state index is 0.170. The number of rotatable bonds is 7. The van der Waals surface area contributed by atoms with Crippen LogP contribution < -0.4 is 10.6 Å². The maximum atomic E-state index is 11.6. The van der Waals surface area contributed by atoms with E-state index in [0.29, 0.717) is 11.2 Å². The molecular formula is C11H22N2OS. The Hall–Kier alpha value is -0.220. The summed E-state index contributed by atoms with van der Waals surface area (Å²) >= 11 is 1.88. The van der Waals surface area contributed by atoms with E-state index in [9.17, 15) is 4.79 Å². The Morgan fingerprint density at radius 2 is 2.20 bits per heavy atom. The van der Waals surface area contributed by atoms with Crippen molar-refractivity contribution in [1.29, 1.82) is 0 Å². The van der Waals surface area contributed by atoms with E-state index in [0.717, 1.165) is 13.1 Å². The van der Waals surface area contributed by atoms with Crippen molar-refractivity contribution in [2.45, 2.75) is 43.9 Å². The lowest BCUT2D eigenvalue weighted by molar-refractivity contribution is -0.121. The van der Waals surface area contributed by atoms with Crippen molar-refractivity contribution in [3.05, 3.63) is 0 Å². The van der Waals surface area contributed by atoms with E-state index < -0.39 is 0 Å². The fraction of sp³-hybridized carbons (Fsp3) is 0.909. The summed E-state index contributed by atoms with van der Waals surface area (Å²) in [5.74, 6) is 0.170. The molecule has 1 unspecified atom stereocenters. The van der Waals surface area contributed by atoms with Gasteiger partial charge in [-0.2, -0.15) is 11.8 Å². The van der Waals surface area contributed by atoms with E-state index in [2.05, 4.69) is 23.8 Å². The summed E-state index contributed by atoms with van der Waals surface area (Å²) in [5.41, 5.74) is 0. The molecule has 0 bridgehead atoms. The lowest BCUT2D eigenvalue weighted by Gasteiger charge is -2.15. The van der Waals surface area contributed by atoms with Crippen molar-refractivity contribution >= 4 is 17.7 Å². The molecule has 1 atom stereocenters. The van der Waals surface area contributed by atoms with E-state index in [1.165, 1.54) is 12.8 Å². The van der Waals surface area contributed by atoms with Crippen LogP contribution in [0.2, 0.25) is 0 Å². The third-order valence-electron chi connectivity index (χ3n) is 2.89. The molecule has 0 aliphatic heterocycles. The molecule has 0 spiro atoms. The molecule has 0 saturated heterocycles. The zero-order valence-electron chi connectivity index (χ0n) is 9.93. The smallest absolute Gasteiger partial charge is 0.221 e. The van der Waals surface area contributed by atoms with Gasteiger partial charge in [-0.1, -0.05) is 6.92 Å². The maximum Gasteiger partial charge on any atom is 0.221 e. The van der Waals surface area contributed by atoms with Gasteiger partial charge >= 0.3 is 0 Å². The van der Waals surface area contributed by atoms with Crippen LogP contribution in [0.15, 0.2) is 0 Å². The molecule has 1 rings (SSSR count). The zero-order valence-corrected chi connectivity index (χ0v) is 10.7. The second-order valence-electron chi connectivity index (χ2n) is 4.33. The van der Waals surface area contributed by atoms with Gasteiger partial charge in [0.1, 0.15) is 0 Å². The fourth-order valence-corrected chi connectivity index (χ4v) is 2.35. The van der Waals surface area contributed by atoms with E-state index in [-0.39, 0.29) is 11.9 Å². The first kappa shape index (κ1) is 12.8. The Morgan fingerprint density at radius 1 is 1.53 bits per heavy atom. The second-order valence-corrected chi connectivity index (χ2v) is 5.60. The average molecular weight is 230 g/mol. The molecule has 1 fully saturated rings. The topological polar surface area (TPSA) is 41.1 Å². The highest BCUT2D eigenvalue weighted by Crippen LogP contribution is 2.46. The molecule has 0 heterocycles. The van der Waals surface area contributed by atoms with Gasteiger partial charge in [0, 0.05) is 23.8 Å². The quantitative estimate of drug-likeness (QED) is 0.694. The highest BCUT2D eigenvalue weighted by Gasteiger charge is 2.41. The van der Waals surface area contributed by atoms with Gasteiger partial charge in [0.15, 0.2) is 0 Å². The lowest BCUT2D eigenvalue weighted by atomic mass is 10.2. The normalized spacial score (nSPS) is 19.7. The van der Waals surface area contributed by atoms with Crippen LogP contribution in [0.5, 0.6) is 0 Å². The molecule has 0 aromatic heterocycles. The van der Waals surface area contributed by atoms with Crippen molar-refractivity contribution in [2.24, 2.45) is 0 Å². The number of carbonyl (C=O) groups is 1. The van der Waals surface area contributed by atoms with Crippen LogP contribution in [-0.2, 0) is 4.79 Å². The number of amides is 1. The third kappa shape index (κ3) is 4.43. The summed E-state index contributed by atoms with van der Waals surface area (Å²) in [5, 5.41) is 6.26. The first-order chi connectivity index (χ1) is 7.12. The predicted octanol–water partition coefficient (Wildman–Crippen LogP) is 1.39. The number of hydrogen-bond acceptors (Lipinski definition) is 3. The summed E-state index contributed by atoms with van der Waals surface area (Å²) in [7, 11) is 0. The maximum absolute atomic E-state index is 11.6. The fourth-order valence-electron chi connectivity index (χ4n) is 1.62. The summed E-state index contributed by atoms with van der Waals surface area (Å²) in [4.78, 5) is 11.6. The SMILES string of the molecule is CCNC(C)CC(=O)NCC1(SC)CC1. The van der Waals surface area contributed by atoms with Gasteiger partial charge in [-0.15, -0.1) is 0 Å². The Bertz CT molecular complexity index is 217. The van der Waals surface area contributed by atoms with Gasteiger partial charge in [0.2, 0.25) is 5.91 Å². The largest absolute Gasteiger partial charge is 0.355 e. The van der Waals surface area contributed by atoms with Crippen molar-refractivity contribution in [3.8, 4) is 0 Å². The van der Waals surface area contributed by atoms with Gasteiger partial charge in [-0.05, 0) is 32.6 Å². The molecule has 2 N–H and O–H groups in total. The van der Waals surface area contributed by atoms with Crippen LogP contribution in [0.4, 0.5) is 0 Å². The van der Waals surface area contributed by atoms with Gasteiger partial charge in [-0.3, -0.25) is 4.79 Å². The minimum Gasteiger partial charge on any atom is -0.355 e. The summed E-state index contributed by atoms with van der Waals surface area (Å²) < 4.78 is 0.372. The molecular weight excluding hydrogens is 208 g/mol. The second kappa shape index (κ2) is 5.75. The number of carbonyl (C=O) groups excluding carboxylic acids is 1. The molecule has 1 aliphatic carbocycles. The Kier molecular flexibility index (Phi) is 4.93. The van der Waals surface area contributed by atoms with Crippen molar-refractivity contribution < 1.29 is 4.79 Å². The standard InChI is InChI=1S/C11H22N2OS/c1-4-12-9(2)7-10(14)13-8-11(15-3)5-6-11/h9,12H,4-8H2,1-3H3,(H,13,14). The molecule has 1 amide bonds. The monoisotopic (exact) mass is 230 g/mol. The predicted molar refractivity (Wildman–Crippen MR) is 66.2 cm³/mol. The van der Waals surface area contributed by atoms with Crippen LogP contribution >= 0.6 is 11.8 Å². The molecule has 4 heteroatoms. The van der Waals surface area contributed by atoms with Crippen molar-refractivity contribution in [1.82, 2.24) is 10.6 Å². The third-order valence-corrected chi connectivity index (χ3v) is 4.31. The summed E-state index contributed by atoms with van der Waals surface area (Å²) in [6, 6.07) is 0.277. The van der Waals surface area contributed by atoms with E-state index in [1.807, 2.05) is 18.7 Å².